The lowest BCUT2D eigenvalue weighted by Crippen LogP contribution is -2.23. The van der Waals surface area contributed by atoms with Crippen LogP contribution in [-0.4, -0.2) is 19.6 Å². The molecule has 1 aliphatic rings. The third kappa shape index (κ3) is 2.19. The van der Waals surface area contributed by atoms with Crippen LogP contribution < -0.4 is 15.8 Å². The molecule has 3 heteroatoms. The van der Waals surface area contributed by atoms with Gasteiger partial charge in [0.15, 0.2) is 0 Å². The average molecular weight is 217 g/mol. The van der Waals surface area contributed by atoms with Crippen molar-refractivity contribution in [2.75, 3.05) is 24.5 Å². The fraction of sp³-hybridized carbons (Fsp3) is 0.385. The number of hydrogen-bond acceptors (Lipinski definition) is 3. The maximum atomic E-state index is 3.15. The predicted molar refractivity (Wildman–Crippen MR) is 69.1 cm³/mol. The van der Waals surface area contributed by atoms with Crippen molar-refractivity contribution in [2.45, 2.75) is 13.8 Å². The molecular weight excluding hydrogens is 198 g/mol. The molecule has 0 fully saturated rings. The number of nitrogens with zero attached hydrogens (tertiary/aromatic N) is 1. The maximum absolute atomic E-state index is 3.15. The standard InChI is InChI=1S/C13H19N3/c1-3-16(4-2)12-7-5-11(6-8-12)13-9-10-14-15-13/h5-9,14-15H,3-4,10H2,1-2H3. The van der Waals surface area contributed by atoms with Crippen molar-refractivity contribution in [3.63, 3.8) is 0 Å². The first-order valence-electron chi connectivity index (χ1n) is 5.89. The zero-order valence-electron chi connectivity index (χ0n) is 9.96. The Kier molecular flexibility index (Phi) is 3.47. The largest absolute Gasteiger partial charge is 0.372 e. The molecule has 1 aromatic rings. The van der Waals surface area contributed by atoms with Gasteiger partial charge in [0.25, 0.3) is 0 Å². The molecule has 0 amide bonds. The number of anilines is 1. The van der Waals surface area contributed by atoms with E-state index in [1.807, 2.05) is 0 Å². The van der Waals surface area contributed by atoms with Gasteiger partial charge in [-0.2, -0.15) is 0 Å². The second-order valence-corrected chi connectivity index (χ2v) is 3.84. The molecule has 16 heavy (non-hydrogen) atoms. The summed E-state index contributed by atoms with van der Waals surface area (Å²) in [6.07, 6.45) is 2.16. The van der Waals surface area contributed by atoms with Crippen LogP contribution in [0.5, 0.6) is 0 Å². The Balaban J connectivity index is 2.15. The molecular formula is C13H19N3. The van der Waals surface area contributed by atoms with Crippen LogP contribution in [0.4, 0.5) is 5.69 Å². The number of hydrogen-bond donors (Lipinski definition) is 2. The van der Waals surface area contributed by atoms with Crippen molar-refractivity contribution in [3.05, 3.63) is 35.9 Å². The van der Waals surface area contributed by atoms with Gasteiger partial charge in [-0.05, 0) is 37.6 Å². The van der Waals surface area contributed by atoms with Crippen molar-refractivity contribution in [1.29, 1.82) is 0 Å². The third-order valence-electron chi connectivity index (χ3n) is 2.94. The summed E-state index contributed by atoms with van der Waals surface area (Å²) in [6, 6.07) is 8.70. The topological polar surface area (TPSA) is 27.3 Å². The SMILES string of the molecule is CCN(CC)c1ccc(C2=CCNN2)cc1. The van der Waals surface area contributed by atoms with Crippen LogP contribution >= 0.6 is 0 Å². The van der Waals surface area contributed by atoms with E-state index in [-0.39, 0.29) is 0 Å². The number of hydrazine groups is 1. The minimum Gasteiger partial charge on any atom is -0.372 e. The minimum absolute atomic E-state index is 0.896. The van der Waals surface area contributed by atoms with Gasteiger partial charge in [0.2, 0.25) is 0 Å². The quantitative estimate of drug-likeness (QED) is 0.807. The van der Waals surface area contributed by atoms with Crippen molar-refractivity contribution < 1.29 is 0 Å². The monoisotopic (exact) mass is 217 g/mol. The van der Waals surface area contributed by atoms with Gasteiger partial charge in [0.1, 0.15) is 0 Å². The molecule has 0 spiro atoms. The highest BCUT2D eigenvalue weighted by Gasteiger charge is 2.06. The molecule has 1 heterocycles. The Morgan fingerprint density at radius 1 is 1.12 bits per heavy atom. The van der Waals surface area contributed by atoms with E-state index in [1.54, 1.807) is 0 Å². The van der Waals surface area contributed by atoms with Gasteiger partial charge >= 0.3 is 0 Å². The highest BCUT2D eigenvalue weighted by Crippen LogP contribution is 2.19. The summed E-state index contributed by atoms with van der Waals surface area (Å²) in [4.78, 5) is 2.35. The molecule has 86 valence electrons. The summed E-state index contributed by atoms with van der Waals surface area (Å²) in [5, 5.41) is 0. The number of nitrogens with one attached hydrogen (secondary N) is 2. The van der Waals surface area contributed by atoms with Crippen LogP contribution in [0.15, 0.2) is 30.3 Å². The maximum Gasteiger partial charge on any atom is 0.0533 e. The van der Waals surface area contributed by atoms with Gasteiger partial charge < -0.3 is 10.3 Å². The van der Waals surface area contributed by atoms with E-state index in [0.29, 0.717) is 0 Å². The van der Waals surface area contributed by atoms with Crippen molar-refractivity contribution in [3.8, 4) is 0 Å². The number of benzene rings is 1. The molecule has 0 atom stereocenters. The first-order valence-corrected chi connectivity index (χ1v) is 5.89. The van der Waals surface area contributed by atoms with Crippen LogP contribution in [0.2, 0.25) is 0 Å². The molecule has 0 unspecified atom stereocenters. The van der Waals surface area contributed by atoms with E-state index in [0.717, 1.165) is 19.6 Å². The van der Waals surface area contributed by atoms with E-state index in [1.165, 1.54) is 16.9 Å². The molecule has 0 saturated heterocycles. The predicted octanol–water partition coefficient (Wildman–Crippen LogP) is 1.98. The van der Waals surface area contributed by atoms with E-state index in [4.69, 9.17) is 0 Å². The minimum atomic E-state index is 0.896. The van der Waals surface area contributed by atoms with Crippen LogP contribution in [0, 0.1) is 0 Å². The normalized spacial score (nSPS) is 14.5. The van der Waals surface area contributed by atoms with Crippen LogP contribution in [0.3, 0.4) is 0 Å². The molecule has 1 aliphatic heterocycles. The Labute approximate surface area is 97.1 Å². The van der Waals surface area contributed by atoms with E-state index < -0.39 is 0 Å². The zero-order valence-corrected chi connectivity index (χ0v) is 9.96. The molecule has 0 aliphatic carbocycles. The van der Waals surface area contributed by atoms with Crippen molar-refractivity contribution in [2.24, 2.45) is 0 Å². The summed E-state index contributed by atoms with van der Waals surface area (Å²) in [5.41, 5.74) is 9.93. The zero-order chi connectivity index (χ0) is 11.4. The van der Waals surface area contributed by atoms with Crippen LogP contribution in [0.25, 0.3) is 5.70 Å². The highest BCUT2D eigenvalue weighted by molar-refractivity contribution is 5.67. The highest BCUT2D eigenvalue weighted by atomic mass is 15.4. The van der Waals surface area contributed by atoms with Crippen LogP contribution in [-0.2, 0) is 0 Å². The van der Waals surface area contributed by atoms with Crippen LogP contribution in [0.1, 0.15) is 19.4 Å². The van der Waals surface area contributed by atoms with Crippen molar-refractivity contribution >= 4 is 11.4 Å². The smallest absolute Gasteiger partial charge is 0.0533 e. The second kappa shape index (κ2) is 5.03. The first-order chi connectivity index (χ1) is 7.85. The molecule has 0 bridgehead atoms. The lowest BCUT2D eigenvalue weighted by molar-refractivity contribution is 0.738. The summed E-state index contributed by atoms with van der Waals surface area (Å²) < 4.78 is 0. The van der Waals surface area contributed by atoms with Crippen molar-refractivity contribution in [1.82, 2.24) is 10.9 Å². The number of rotatable bonds is 4. The third-order valence-corrected chi connectivity index (χ3v) is 2.94. The molecule has 0 aromatic heterocycles. The average Bonchev–Trinajstić information content (AvgIpc) is 2.85. The molecule has 2 N–H and O–H groups in total. The molecule has 2 rings (SSSR count). The van der Waals surface area contributed by atoms with E-state index in [9.17, 15) is 0 Å². The second-order valence-electron chi connectivity index (χ2n) is 3.84. The Hall–Kier alpha value is -1.48. The molecule has 3 nitrogen and oxygen atoms in total. The summed E-state index contributed by atoms with van der Waals surface area (Å²) in [6.45, 7) is 7.37. The van der Waals surface area contributed by atoms with E-state index >= 15 is 0 Å². The lowest BCUT2D eigenvalue weighted by atomic mass is 10.1. The summed E-state index contributed by atoms with van der Waals surface area (Å²) in [7, 11) is 0. The van der Waals surface area contributed by atoms with Gasteiger partial charge in [-0.3, -0.25) is 0 Å². The molecule has 0 radical (unpaired) electrons. The fourth-order valence-electron chi connectivity index (χ4n) is 1.98. The molecule has 0 saturated carbocycles. The molecule has 1 aromatic carbocycles. The van der Waals surface area contributed by atoms with E-state index in [2.05, 4.69) is 59.9 Å². The van der Waals surface area contributed by atoms with Gasteiger partial charge in [0, 0.05) is 25.3 Å². The fourth-order valence-corrected chi connectivity index (χ4v) is 1.98. The lowest BCUT2D eigenvalue weighted by Gasteiger charge is -2.21. The Morgan fingerprint density at radius 2 is 1.81 bits per heavy atom. The Bertz CT molecular complexity index is 363. The summed E-state index contributed by atoms with van der Waals surface area (Å²) >= 11 is 0. The van der Waals surface area contributed by atoms with Gasteiger partial charge in [-0.25, -0.2) is 5.43 Å². The van der Waals surface area contributed by atoms with Gasteiger partial charge in [-0.15, -0.1) is 0 Å². The summed E-state index contributed by atoms with van der Waals surface area (Å²) in [5.74, 6) is 0. The van der Waals surface area contributed by atoms with Gasteiger partial charge in [-0.1, -0.05) is 12.1 Å². The first kappa shape index (κ1) is 11.0. The van der Waals surface area contributed by atoms with Gasteiger partial charge in [0.05, 0.1) is 5.70 Å². The Morgan fingerprint density at radius 3 is 2.31 bits per heavy atom.